The minimum absolute atomic E-state index is 0. The van der Waals surface area contributed by atoms with E-state index in [9.17, 15) is 19.8 Å². The number of halogens is 2. The predicted molar refractivity (Wildman–Crippen MR) is 189 cm³/mol. The second-order valence-electron chi connectivity index (χ2n) is 12.1. The number of carbonyl (C=O) groups excluding carboxylic acids is 2. The molecule has 0 unspecified atom stereocenters. The van der Waals surface area contributed by atoms with Crippen LogP contribution in [0.3, 0.4) is 0 Å². The number of rotatable bonds is 32. The van der Waals surface area contributed by atoms with Crippen LogP contribution in [0.15, 0.2) is 0 Å². The Morgan fingerprint density at radius 2 is 0.465 bits per heavy atom. The van der Waals surface area contributed by atoms with Crippen molar-refractivity contribution in [1.82, 2.24) is 0 Å². The quantitative estimate of drug-likeness (QED) is 0.0530. The van der Waals surface area contributed by atoms with Gasteiger partial charge in [-0.15, -0.1) is 24.8 Å². The second kappa shape index (κ2) is 49.2. The number of carbonyl (C=O) groups is 2. The van der Waals surface area contributed by atoms with Crippen molar-refractivity contribution in [2.24, 2.45) is 0 Å². The van der Waals surface area contributed by atoms with Crippen molar-refractivity contribution >= 4 is 59.8 Å². The van der Waals surface area contributed by atoms with Crippen LogP contribution >= 0.6 is 24.8 Å². The summed E-state index contributed by atoms with van der Waals surface area (Å²) >= 11 is 0. The summed E-state index contributed by atoms with van der Waals surface area (Å²) in [4.78, 5) is 20.4. The van der Waals surface area contributed by atoms with Crippen LogP contribution < -0.4 is 10.2 Å². The molecule has 0 heterocycles. The Morgan fingerprint density at radius 1 is 0.326 bits per heavy atom. The summed E-state index contributed by atoms with van der Waals surface area (Å²) in [5, 5.41) is 20.4. The normalized spacial score (nSPS) is 10.1. The molecule has 0 aromatic rings. The molecular weight excluding hydrogens is 592 g/mol. The Morgan fingerprint density at radius 3 is 0.605 bits per heavy atom. The van der Waals surface area contributed by atoms with Crippen molar-refractivity contribution in [1.29, 1.82) is 0 Å². The van der Waals surface area contributed by atoms with Crippen LogP contribution in [0.25, 0.3) is 0 Å². The zero-order valence-corrected chi connectivity index (χ0v) is 31.8. The minimum Gasteiger partial charge on any atom is -0.550 e. The molecule has 0 atom stereocenters. The van der Waals surface area contributed by atoms with E-state index in [2.05, 4.69) is 13.8 Å². The van der Waals surface area contributed by atoms with E-state index < -0.39 is 11.9 Å². The van der Waals surface area contributed by atoms with Crippen molar-refractivity contribution in [2.45, 2.75) is 219 Å². The molecule has 0 saturated heterocycles. The summed E-state index contributed by atoms with van der Waals surface area (Å²) in [5.74, 6) is -1.81. The maximum Gasteiger partial charge on any atom is 2.00 e. The molecule has 0 aliphatic carbocycles. The molecule has 0 aliphatic heterocycles. The van der Waals surface area contributed by atoms with E-state index in [0.29, 0.717) is 0 Å². The first kappa shape index (κ1) is 52.8. The van der Waals surface area contributed by atoms with Gasteiger partial charge in [-0.05, 0) is 25.7 Å². The van der Waals surface area contributed by atoms with Crippen LogP contribution in [0.2, 0.25) is 0 Å². The fourth-order valence-corrected chi connectivity index (χ4v) is 5.28. The Hall–Kier alpha value is 0.286. The van der Waals surface area contributed by atoms with E-state index in [0.717, 1.165) is 25.7 Å². The molecule has 0 bridgehead atoms. The molecule has 0 rings (SSSR count). The smallest absolute Gasteiger partial charge is 0.550 e. The molecule has 0 N–H and O–H groups in total. The van der Waals surface area contributed by atoms with Crippen LogP contribution in [0, 0.1) is 0 Å². The minimum atomic E-state index is -0.903. The maximum atomic E-state index is 10.2. The van der Waals surface area contributed by atoms with Gasteiger partial charge >= 0.3 is 23.1 Å². The molecule has 0 fully saturated rings. The van der Waals surface area contributed by atoms with Gasteiger partial charge in [0.05, 0.1) is 0 Å². The molecule has 7 heteroatoms. The van der Waals surface area contributed by atoms with Gasteiger partial charge < -0.3 is 19.8 Å². The number of carboxylic acid groups (broad SMARTS) is 2. The zero-order valence-electron chi connectivity index (χ0n) is 28.8. The van der Waals surface area contributed by atoms with Crippen molar-refractivity contribution in [3.8, 4) is 0 Å². The van der Waals surface area contributed by atoms with Crippen molar-refractivity contribution in [2.75, 3.05) is 0 Å². The molecule has 0 saturated carbocycles. The SMILES string of the molecule is CCCCCCCCCCCCCCCCCC(=O)[O-].CCCCCCCCCCCCCCCCCC(=O)[O-].Cl.Cl.[Mg+2]. The van der Waals surface area contributed by atoms with Crippen molar-refractivity contribution < 1.29 is 19.8 Å². The molecule has 43 heavy (non-hydrogen) atoms. The van der Waals surface area contributed by atoms with Crippen molar-refractivity contribution in [3.05, 3.63) is 0 Å². The van der Waals surface area contributed by atoms with E-state index in [-0.39, 0.29) is 60.7 Å². The van der Waals surface area contributed by atoms with Gasteiger partial charge in [0.2, 0.25) is 0 Å². The first-order chi connectivity index (χ1) is 19.5. The first-order valence-corrected chi connectivity index (χ1v) is 17.9. The second-order valence-corrected chi connectivity index (χ2v) is 12.1. The van der Waals surface area contributed by atoms with E-state index in [1.54, 1.807) is 0 Å². The van der Waals surface area contributed by atoms with Crippen LogP contribution in [0.1, 0.15) is 219 Å². The van der Waals surface area contributed by atoms with Crippen LogP contribution in [-0.2, 0) is 9.59 Å². The Balaban J connectivity index is -0.000000209. The molecule has 4 nitrogen and oxygen atoms in total. The van der Waals surface area contributed by atoms with Crippen LogP contribution in [-0.4, -0.2) is 35.0 Å². The zero-order chi connectivity index (χ0) is 29.8. The molecule has 0 radical (unpaired) electrons. The van der Waals surface area contributed by atoms with Gasteiger partial charge in [0, 0.05) is 11.9 Å². The number of hydrogen-bond acceptors (Lipinski definition) is 4. The van der Waals surface area contributed by atoms with Gasteiger partial charge in [-0.1, -0.05) is 194 Å². The van der Waals surface area contributed by atoms with E-state index in [1.807, 2.05) is 0 Å². The maximum absolute atomic E-state index is 10.2. The first-order valence-electron chi connectivity index (χ1n) is 17.9. The van der Waals surface area contributed by atoms with E-state index >= 15 is 0 Å². The Kier molecular flexibility index (Phi) is 60.4. The number of carboxylic acids is 2. The van der Waals surface area contributed by atoms with Crippen LogP contribution in [0.5, 0.6) is 0 Å². The number of unbranched alkanes of at least 4 members (excludes halogenated alkanes) is 28. The third-order valence-corrected chi connectivity index (χ3v) is 7.97. The Labute approximate surface area is 297 Å². The van der Waals surface area contributed by atoms with Gasteiger partial charge in [-0.25, -0.2) is 0 Å². The summed E-state index contributed by atoms with van der Waals surface area (Å²) in [6.45, 7) is 4.53. The average molecular weight is 664 g/mol. The van der Waals surface area contributed by atoms with Gasteiger partial charge in [-0.2, -0.15) is 0 Å². The number of hydrogen-bond donors (Lipinski definition) is 0. The van der Waals surface area contributed by atoms with Gasteiger partial charge in [0.15, 0.2) is 0 Å². The van der Waals surface area contributed by atoms with Crippen molar-refractivity contribution in [3.63, 3.8) is 0 Å². The Bertz CT molecular complexity index is 466. The molecule has 256 valence electrons. The molecule has 0 aliphatic rings. The predicted octanol–water partition coefficient (Wildman–Crippen LogP) is 10.5. The molecule has 0 aromatic carbocycles. The summed E-state index contributed by atoms with van der Waals surface area (Å²) < 4.78 is 0. The largest absolute Gasteiger partial charge is 2.00 e. The summed E-state index contributed by atoms with van der Waals surface area (Å²) in [6.07, 6.45) is 39.7. The summed E-state index contributed by atoms with van der Waals surface area (Å²) in [7, 11) is 0. The molecule has 0 aromatic heterocycles. The van der Waals surface area contributed by atoms with Crippen LogP contribution in [0.4, 0.5) is 0 Å². The van der Waals surface area contributed by atoms with Gasteiger partial charge in [0.1, 0.15) is 0 Å². The fourth-order valence-electron chi connectivity index (χ4n) is 5.28. The third-order valence-electron chi connectivity index (χ3n) is 7.97. The molecule has 0 amide bonds. The molecule has 0 spiro atoms. The summed E-state index contributed by atoms with van der Waals surface area (Å²) in [6, 6.07) is 0. The standard InChI is InChI=1S/2C18H36O2.2ClH.Mg/c2*1-2-3-4-5-6-7-8-9-10-11-12-13-14-15-16-17-18(19)20;;;/h2*2-17H2,1H3,(H,19,20);2*1H;/q;;;;+2/p-2. The summed E-state index contributed by atoms with van der Waals surface area (Å²) in [5.41, 5.74) is 0. The topological polar surface area (TPSA) is 80.3 Å². The molecular formula is C36H72Cl2MgO4. The van der Waals surface area contributed by atoms with E-state index in [4.69, 9.17) is 0 Å². The average Bonchev–Trinajstić information content (AvgIpc) is 2.93. The van der Waals surface area contributed by atoms with Gasteiger partial charge in [0.25, 0.3) is 0 Å². The third kappa shape index (κ3) is 58.4. The number of aliphatic carboxylic acids is 2. The monoisotopic (exact) mass is 662 g/mol. The fraction of sp³-hybridized carbons (Fsp3) is 0.944. The van der Waals surface area contributed by atoms with E-state index in [1.165, 1.54) is 167 Å². The van der Waals surface area contributed by atoms with Gasteiger partial charge in [-0.3, -0.25) is 0 Å².